The van der Waals surface area contributed by atoms with E-state index in [-0.39, 0.29) is 0 Å². The van der Waals surface area contributed by atoms with Crippen molar-refractivity contribution in [3.8, 4) is 11.5 Å². The van der Waals surface area contributed by atoms with Crippen LogP contribution >= 0.6 is 0 Å². The first-order valence-electron chi connectivity index (χ1n) is 6.46. The highest BCUT2D eigenvalue weighted by Gasteiger charge is 2.07. The maximum Gasteiger partial charge on any atom is 0.162 e. The lowest BCUT2D eigenvalue weighted by Gasteiger charge is -2.13. The number of rotatable bonds is 5. The molecule has 2 aromatic carbocycles. The van der Waals surface area contributed by atoms with Crippen LogP contribution in [0.4, 0.5) is 0 Å². The first-order chi connectivity index (χ1) is 9.63. The summed E-state index contributed by atoms with van der Waals surface area (Å²) in [5.74, 6) is 1.21. The summed E-state index contributed by atoms with van der Waals surface area (Å²) < 4.78 is 11.1. The number of methoxy groups -OCH3 is 1. The van der Waals surface area contributed by atoms with Crippen LogP contribution in [0.5, 0.6) is 11.5 Å². The molecule has 0 unspecified atom stereocenters. The van der Waals surface area contributed by atoms with Gasteiger partial charge in [-0.2, -0.15) is 0 Å². The molecule has 0 heterocycles. The van der Waals surface area contributed by atoms with Gasteiger partial charge in [0.05, 0.1) is 7.11 Å². The summed E-state index contributed by atoms with van der Waals surface area (Å²) in [6.07, 6.45) is 0.796. The minimum absolute atomic E-state index is 0.451. The van der Waals surface area contributed by atoms with E-state index in [1.807, 2.05) is 0 Å². The Morgan fingerprint density at radius 1 is 1.05 bits per heavy atom. The van der Waals surface area contributed by atoms with E-state index >= 15 is 0 Å². The molecular formula is C17H18O3. The molecule has 3 heteroatoms. The van der Waals surface area contributed by atoms with E-state index in [2.05, 4.69) is 32.0 Å². The van der Waals surface area contributed by atoms with Crippen LogP contribution in [-0.2, 0) is 6.61 Å². The lowest BCUT2D eigenvalue weighted by atomic mass is 10.1. The van der Waals surface area contributed by atoms with E-state index in [0.29, 0.717) is 23.7 Å². The molecule has 2 rings (SSSR count). The standard InChI is InChI=1S/C17H18O3/c1-12-4-5-13(2)15(8-12)11-20-17-9-14(10-18)6-7-16(17)19-3/h4-10H,11H2,1-3H3. The van der Waals surface area contributed by atoms with E-state index in [4.69, 9.17) is 9.47 Å². The van der Waals surface area contributed by atoms with E-state index in [1.165, 1.54) is 11.1 Å². The predicted molar refractivity (Wildman–Crippen MR) is 78.6 cm³/mol. The van der Waals surface area contributed by atoms with Gasteiger partial charge >= 0.3 is 0 Å². The lowest BCUT2D eigenvalue weighted by molar-refractivity contribution is 0.112. The van der Waals surface area contributed by atoms with Gasteiger partial charge in [-0.3, -0.25) is 4.79 Å². The molecule has 0 atom stereocenters. The summed E-state index contributed by atoms with van der Waals surface area (Å²) in [6.45, 7) is 4.56. The van der Waals surface area contributed by atoms with Gasteiger partial charge in [0.15, 0.2) is 11.5 Å². The van der Waals surface area contributed by atoms with Crippen LogP contribution in [0.3, 0.4) is 0 Å². The zero-order valence-electron chi connectivity index (χ0n) is 12.0. The Morgan fingerprint density at radius 3 is 2.55 bits per heavy atom. The number of carbonyl (C=O) groups excluding carboxylic acids is 1. The molecule has 0 saturated heterocycles. The molecular weight excluding hydrogens is 252 g/mol. The summed E-state index contributed by atoms with van der Waals surface area (Å²) in [6, 6.07) is 11.4. The second kappa shape index (κ2) is 6.24. The van der Waals surface area contributed by atoms with E-state index in [1.54, 1.807) is 25.3 Å². The van der Waals surface area contributed by atoms with Crippen molar-refractivity contribution in [3.63, 3.8) is 0 Å². The van der Waals surface area contributed by atoms with Gasteiger partial charge in [-0.25, -0.2) is 0 Å². The van der Waals surface area contributed by atoms with Crippen molar-refractivity contribution in [1.29, 1.82) is 0 Å². The molecule has 0 aromatic heterocycles. The fraction of sp³-hybridized carbons (Fsp3) is 0.235. The molecule has 0 aliphatic heterocycles. The first kappa shape index (κ1) is 14.1. The van der Waals surface area contributed by atoms with Crippen molar-refractivity contribution < 1.29 is 14.3 Å². The minimum Gasteiger partial charge on any atom is -0.493 e. The van der Waals surface area contributed by atoms with Crippen molar-refractivity contribution in [1.82, 2.24) is 0 Å². The van der Waals surface area contributed by atoms with Gasteiger partial charge in [0.25, 0.3) is 0 Å². The van der Waals surface area contributed by atoms with Crippen molar-refractivity contribution in [2.24, 2.45) is 0 Å². The zero-order valence-corrected chi connectivity index (χ0v) is 12.0. The smallest absolute Gasteiger partial charge is 0.162 e. The van der Waals surface area contributed by atoms with Gasteiger partial charge in [0.1, 0.15) is 12.9 Å². The Kier molecular flexibility index (Phi) is 4.41. The van der Waals surface area contributed by atoms with E-state index < -0.39 is 0 Å². The number of aldehydes is 1. The highest BCUT2D eigenvalue weighted by molar-refractivity contribution is 5.76. The number of benzene rings is 2. The van der Waals surface area contributed by atoms with Crippen LogP contribution in [0, 0.1) is 13.8 Å². The molecule has 3 nitrogen and oxygen atoms in total. The molecule has 0 aliphatic rings. The fourth-order valence-corrected chi connectivity index (χ4v) is 1.99. The molecule has 0 amide bonds. The Labute approximate surface area is 119 Å². The highest BCUT2D eigenvalue weighted by Crippen LogP contribution is 2.28. The van der Waals surface area contributed by atoms with Crippen molar-refractivity contribution in [2.75, 3.05) is 7.11 Å². The molecule has 0 fully saturated rings. The van der Waals surface area contributed by atoms with Crippen LogP contribution < -0.4 is 9.47 Å². The average Bonchev–Trinajstić information content (AvgIpc) is 2.47. The molecule has 104 valence electrons. The van der Waals surface area contributed by atoms with Crippen LogP contribution in [0.25, 0.3) is 0 Å². The van der Waals surface area contributed by atoms with Crippen LogP contribution in [0.15, 0.2) is 36.4 Å². The van der Waals surface area contributed by atoms with Crippen LogP contribution in [-0.4, -0.2) is 13.4 Å². The molecule has 0 N–H and O–H groups in total. The fourth-order valence-electron chi connectivity index (χ4n) is 1.99. The van der Waals surface area contributed by atoms with Crippen LogP contribution in [0.2, 0.25) is 0 Å². The summed E-state index contributed by atoms with van der Waals surface area (Å²) in [5.41, 5.74) is 4.08. The molecule has 20 heavy (non-hydrogen) atoms. The Hall–Kier alpha value is -2.29. The quantitative estimate of drug-likeness (QED) is 0.777. The minimum atomic E-state index is 0.451. The SMILES string of the molecule is COc1ccc(C=O)cc1OCc1cc(C)ccc1C. The van der Waals surface area contributed by atoms with Gasteiger partial charge in [-0.1, -0.05) is 23.8 Å². The molecule has 0 aliphatic carbocycles. The maximum absolute atomic E-state index is 10.8. The predicted octanol–water partition coefficient (Wildman–Crippen LogP) is 3.70. The Morgan fingerprint density at radius 2 is 1.85 bits per heavy atom. The number of ether oxygens (including phenoxy) is 2. The summed E-state index contributed by atoms with van der Waals surface area (Å²) in [5, 5.41) is 0. The average molecular weight is 270 g/mol. The van der Waals surface area contributed by atoms with Gasteiger partial charge in [0, 0.05) is 5.56 Å². The third-order valence-electron chi connectivity index (χ3n) is 3.21. The summed E-state index contributed by atoms with van der Waals surface area (Å²) >= 11 is 0. The molecule has 2 aromatic rings. The third-order valence-corrected chi connectivity index (χ3v) is 3.21. The topological polar surface area (TPSA) is 35.5 Å². The maximum atomic E-state index is 10.8. The largest absolute Gasteiger partial charge is 0.493 e. The first-order valence-corrected chi connectivity index (χ1v) is 6.46. The normalized spacial score (nSPS) is 10.2. The number of carbonyl (C=O) groups is 1. The van der Waals surface area contributed by atoms with Crippen LogP contribution in [0.1, 0.15) is 27.0 Å². The van der Waals surface area contributed by atoms with Gasteiger partial charge < -0.3 is 9.47 Å². The van der Waals surface area contributed by atoms with Gasteiger partial charge in [0.2, 0.25) is 0 Å². The third kappa shape index (κ3) is 3.18. The second-order valence-electron chi connectivity index (χ2n) is 4.75. The monoisotopic (exact) mass is 270 g/mol. The zero-order chi connectivity index (χ0) is 14.5. The Bertz CT molecular complexity index is 618. The number of hydrogen-bond donors (Lipinski definition) is 0. The molecule has 0 bridgehead atoms. The van der Waals surface area contributed by atoms with Gasteiger partial charge in [-0.05, 0) is 43.2 Å². The molecule has 0 saturated carbocycles. The lowest BCUT2D eigenvalue weighted by Crippen LogP contribution is -2.00. The Balaban J connectivity index is 2.21. The summed E-state index contributed by atoms with van der Waals surface area (Å²) in [4.78, 5) is 10.8. The van der Waals surface area contributed by atoms with Crippen molar-refractivity contribution in [3.05, 3.63) is 58.7 Å². The number of aryl methyl sites for hydroxylation is 2. The molecule has 0 radical (unpaired) electrons. The second-order valence-corrected chi connectivity index (χ2v) is 4.75. The van der Waals surface area contributed by atoms with E-state index in [0.717, 1.165) is 11.8 Å². The number of hydrogen-bond acceptors (Lipinski definition) is 3. The van der Waals surface area contributed by atoms with Gasteiger partial charge in [-0.15, -0.1) is 0 Å². The van der Waals surface area contributed by atoms with Crippen molar-refractivity contribution >= 4 is 6.29 Å². The van der Waals surface area contributed by atoms with Crippen molar-refractivity contribution in [2.45, 2.75) is 20.5 Å². The van der Waals surface area contributed by atoms with E-state index in [9.17, 15) is 4.79 Å². The summed E-state index contributed by atoms with van der Waals surface area (Å²) in [7, 11) is 1.58. The molecule has 0 spiro atoms. The highest BCUT2D eigenvalue weighted by atomic mass is 16.5.